The monoisotopic (exact) mass is 284 g/mol. The number of carboxylic acid groups (broad SMARTS) is 1. The Balaban J connectivity index is 2.96. The van der Waals surface area contributed by atoms with Crippen LogP contribution < -0.4 is 11.1 Å². The molecule has 6 nitrogen and oxygen atoms in total. The second kappa shape index (κ2) is 7.40. The lowest BCUT2D eigenvalue weighted by molar-refractivity contribution is -0.133. The van der Waals surface area contributed by atoms with Gasteiger partial charge in [-0.15, -0.1) is 0 Å². The Labute approximate surface area is 119 Å². The first kappa shape index (κ1) is 16.7. The van der Waals surface area contributed by atoms with Crippen LogP contribution in [0.5, 0.6) is 0 Å². The average molecular weight is 284 g/mol. The highest BCUT2D eigenvalue weighted by Gasteiger charge is 2.35. The molecule has 114 valence electrons. The molecule has 1 aliphatic rings. The number of hydrogen-bond acceptors (Lipinski definition) is 4. The zero-order chi connectivity index (χ0) is 15.3. The SMILES string of the molecule is CCC(CC)OC1C=C(C(=O)O)CC(N)[C@H]1NC(C)=O. The number of carbonyl (C=O) groups excluding carboxylic acids is 1. The lowest BCUT2D eigenvalue weighted by atomic mass is 9.88. The van der Waals surface area contributed by atoms with Crippen LogP contribution in [0.2, 0.25) is 0 Å². The van der Waals surface area contributed by atoms with Crippen molar-refractivity contribution >= 4 is 11.9 Å². The first-order valence-corrected chi connectivity index (χ1v) is 7.01. The highest BCUT2D eigenvalue weighted by Crippen LogP contribution is 2.23. The topological polar surface area (TPSA) is 102 Å². The van der Waals surface area contributed by atoms with Crippen molar-refractivity contribution in [3.63, 3.8) is 0 Å². The third-order valence-electron chi connectivity index (χ3n) is 3.54. The number of rotatable bonds is 6. The first-order chi connectivity index (χ1) is 9.38. The molecule has 2 unspecified atom stereocenters. The molecule has 0 aromatic carbocycles. The smallest absolute Gasteiger partial charge is 0.331 e. The molecule has 0 aliphatic heterocycles. The minimum Gasteiger partial charge on any atom is -0.478 e. The fraction of sp³-hybridized carbons (Fsp3) is 0.714. The van der Waals surface area contributed by atoms with Gasteiger partial charge in [0.2, 0.25) is 5.91 Å². The van der Waals surface area contributed by atoms with Crippen LogP contribution in [0.4, 0.5) is 0 Å². The molecule has 1 amide bonds. The van der Waals surface area contributed by atoms with E-state index in [1.807, 2.05) is 13.8 Å². The Hall–Kier alpha value is -1.40. The van der Waals surface area contributed by atoms with Crippen LogP contribution in [0.1, 0.15) is 40.0 Å². The van der Waals surface area contributed by atoms with E-state index < -0.39 is 24.2 Å². The molecule has 1 rings (SSSR count). The summed E-state index contributed by atoms with van der Waals surface area (Å²) < 4.78 is 5.92. The van der Waals surface area contributed by atoms with Gasteiger partial charge in [0.1, 0.15) is 0 Å². The number of carboxylic acids is 1. The summed E-state index contributed by atoms with van der Waals surface area (Å²) in [5.41, 5.74) is 6.25. The van der Waals surface area contributed by atoms with Crippen molar-refractivity contribution in [1.29, 1.82) is 0 Å². The van der Waals surface area contributed by atoms with E-state index in [0.717, 1.165) is 12.8 Å². The largest absolute Gasteiger partial charge is 0.478 e. The van der Waals surface area contributed by atoms with Gasteiger partial charge in [0, 0.05) is 18.5 Å². The molecule has 4 N–H and O–H groups in total. The standard InChI is InChI=1S/C14H24N2O4/c1-4-10(5-2)20-12-7-9(14(18)19)6-11(15)13(12)16-8(3)17/h7,10-13H,4-6,15H2,1-3H3,(H,16,17)(H,18,19)/t11?,12?,13-/m1/s1. The van der Waals surface area contributed by atoms with Crippen molar-refractivity contribution in [2.45, 2.75) is 64.3 Å². The number of amides is 1. The third kappa shape index (κ3) is 4.31. The maximum Gasteiger partial charge on any atom is 0.331 e. The lowest BCUT2D eigenvalue weighted by Crippen LogP contribution is -2.57. The first-order valence-electron chi connectivity index (χ1n) is 7.01. The molecule has 0 saturated carbocycles. The Kier molecular flexibility index (Phi) is 6.16. The Morgan fingerprint density at radius 1 is 1.50 bits per heavy atom. The van der Waals surface area contributed by atoms with Gasteiger partial charge in [-0.1, -0.05) is 13.8 Å². The fourth-order valence-corrected chi connectivity index (χ4v) is 2.40. The van der Waals surface area contributed by atoms with Crippen LogP contribution in [0.25, 0.3) is 0 Å². The highest BCUT2D eigenvalue weighted by molar-refractivity contribution is 5.87. The van der Waals surface area contributed by atoms with Crippen LogP contribution >= 0.6 is 0 Å². The molecule has 20 heavy (non-hydrogen) atoms. The summed E-state index contributed by atoms with van der Waals surface area (Å²) in [6.07, 6.45) is 2.97. The fourth-order valence-electron chi connectivity index (χ4n) is 2.40. The van der Waals surface area contributed by atoms with Crippen LogP contribution in [-0.4, -0.2) is 41.3 Å². The molecular weight excluding hydrogens is 260 g/mol. The summed E-state index contributed by atoms with van der Waals surface area (Å²) in [7, 11) is 0. The summed E-state index contributed by atoms with van der Waals surface area (Å²) in [5.74, 6) is -1.18. The molecule has 0 aromatic rings. The zero-order valence-corrected chi connectivity index (χ0v) is 12.3. The van der Waals surface area contributed by atoms with Crippen LogP contribution in [0, 0.1) is 0 Å². The van der Waals surface area contributed by atoms with Gasteiger partial charge >= 0.3 is 5.97 Å². The quantitative estimate of drug-likeness (QED) is 0.670. The number of carbonyl (C=O) groups is 2. The molecule has 0 bridgehead atoms. The number of aliphatic carboxylic acids is 1. The van der Waals surface area contributed by atoms with Crippen LogP contribution in [-0.2, 0) is 14.3 Å². The number of hydrogen-bond donors (Lipinski definition) is 3. The normalized spacial score (nSPS) is 26.2. The molecule has 0 fully saturated rings. The maximum absolute atomic E-state index is 11.3. The number of nitrogens with one attached hydrogen (secondary N) is 1. The highest BCUT2D eigenvalue weighted by atomic mass is 16.5. The van der Waals surface area contributed by atoms with Crippen molar-refractivity contribution < 1.29 is 19.4 Å². The molecule has 1 aliphatic carbocycles. The molecule has 0 heterocycles. The van der Waals surface area contributed by atoms with Gasteiger partial charge in [0.15, 0.2) is 0 Å². The Bertz CT molecular complexity index is 391. The summed E-state index contributed by atoms with van der Waals surface area (Å²) in [5, 5.41) is 11.9. The number of nitrogens with two attached hydrogens (primary N) is 1. The van der Waals surface area contributed by atoms with E-state index >= 15 is 0 Å². The van der Waals surface area contributed by atoms with Gasteiger partial charge in [-0.2, -0.15) is 0 Å². The van der Waals surface area contributed by atoms with Crippen molar-refractivity contribution in [2.75, 3.05) is 0 Å². The van der Waals surface area contributed by atoms with Gasteiger partial charge in [-0.25, -0.2) is 4.79 Å². The van der Waals surface area contributed by atoms with E-state index in [1.165, 1.54) is 6.92 Å². The van der Waals surface area contributed by atoms with Crippen molar-refractivity contribution in [1.82, 2.24) is 5.32 Å². The molecule has 0 saturated heterocycles. The Morgan fingerprint density at radius 3 is 2.55 bits per heavy atom. The molecule has 0 aromatic heterocycles. The molecule has 0 radical (unpaired) electrons. The van der Waals surface area contributed by atoms with E-state index in [1.54, 1.807) is 6.08 Å². The maximum atomic E-state index is 11.3. The van der Waals surface area contributed by atoms with E-state index in [9.17, 15) is 9.59 Å². The summed E-state index contributed by atoms with van der Waals surface area (Å²) >= 11 is 0. The third-order valence-corrected chi connectivity index (χ3v) is 3.54. The van der Waals surface area contributed by atoms with Crippen molar-refractivity contribution in [3.05, 3.63) is 11.6 Å². The number of ether oxygens (including phenoxy) is 1. The van der Waals surface area contributed by atoms with Gasteiger partial charge < -0.3 is 20.9 Å². The molecule has 3 atom stereocenters. The van der Waals surface area contributed by atoms with Gasteiger partial charge in [0.05, 0.1) is 18.2 Å². The lowest BCUT2D eigenvalue weighted by Gasteiger charge is -2.36. The second-order valence-electron chi connectivity index (χ2n) is 5.13. The minimum atomic E-state index is -0.986. The van der Waals surface area contributed by atoms with E-state index in [0.29, 0.717) is 0 Å². The zero-order valence-electron chi connectivity index (χ0n) is 12.3. The Morgan fingerprint density at radius 2 is 2.10 bits per heavy atom. The van der Waals surface area contributed by atoms with E-state index in [4.69, 9.17) is 15.6 Å². The summed E-state index contributed by atoms with van der Waals surface area (Å²) in [4.78, 5) is 22.4. The van der Waals surface area contributed by atoms with Gasteiger partial charge in [-0.05, 0) is 25.3 Å². The minimum absolute atomic E-state index is 0.0212. The molecule has 6 heteroatoms. The molecule has 0 spiro atoms. The predicted molar refractivity (Wildman–Crippen MR) is 75.2 cm³/mol. The van der Waals surface area contributed by atoms with Crippen LogP contribution in [0.15, 0.2) is 11.6 Å². The average Bonchev–Trinajstić information content (AvgIpc) is 2.38. The van der Waals surface area contributed by atoms with E-state index in [-0.39, 0.29) is 24.0 Å². The van der Waals surface area contributed by atoms with E-state index in [2.05, 4.69) is 5.32 Å². The predicted octanol–water partition coefficient (Wildman–Crippen LogP) is 0.807. The van der Waals surface area contributed by atoms with Gasteiger partial charge in [-0.3, -0.25) is 4.79 Å². The second-order valence-corrected chi connectivity index (χ2v) is 5.13. The molecular formula is C14H24N2O4. The summed E-state index contributed by atoms with van der Waals surface area (Å²) in [6.45, 7) is 5.43. The van der Waals surface area contributed by atoms with Crippen molar-refractivity contribution in [2.24, 2.45) is 5.73 Å². The summed E-state index contributed by atoms with van der Waals surface area (Å²) in [6, 6.07) is -0.856. The van der Waals surface area contributed by atoms with Crippen LogP contribution in [0.3, 0.4) is 0 Å². The van der Waals surface area contributed by atoms with Gasteiger partial charge in [0.25, 0.3) is 0 Å². The van der Waals surface area contributed by atoms with Crippen molar-refractivity contribution in [3.8, 4) is 0 Å².